The highest BCUT2D eigenvalue weighted by Crippen LogP contribution is 2.40. The second kappa shape index (κ2) is 6.38. The fourth-order valence-corrected chi connectivity index (χ4v) is 4.29. The zero-order valence-electron chi connectivity index (χ0n) is 13.2. The maximum absolute atomic E-state index is 12.9. The molecule has 1 aliphatic carbocycles. The van der Waals surface area contributed by atoms with Crippen molar-refractivity contribution in [1.82, 2.24) is 10.2 Å². The number of rotatable bonds is 3. The Morgan fingerprint density at radius 1 is 1.23 bits per heavy atom. The van der Waals surface area contributed by atoms with E-state index in [4.69, 9.17) is 0 Å². The molecule has 0 saturated carbocycles. The van der Waals surface area contributed by atoms with Crippen molar-refractivity contribution in [3.05, 3.63) is 16.0 Å². The van der Waals surface area contributed by atoms with E-state index < -0.39 is 0 Å². The van der Waals surface area contributed by atoms with Crippen LogP contribution in [0.15, 0.2) is 0 Å². The summed E-state index contributed by atoms with van der Waals surface area (Å²) in [7, 11) is 0. The monoisotopic (exact) mass is 321 g/mol. The molecule has 1 aromatic heterocycles. The van der Waals surface area contributed by atoms with Gasteiger partial charge in [-0.15, -0.1) is 11.3 Å². The van der Waals surface area contributed by atoms with Gasteiger partial charge >= 0.3 is 0 Å². The van der Waals surface area contributed by atoms with Gasteiger partial charge in [-0.2, -0.15) is 0 Å². The summed E-state index contributed by atoms with van der Waals surface area (Å²) in [5, 5.41) is 7.00. The van der Waals surface area contributed by atoms with Crippen molar-refractivity contribution >= 4 is 28.2 Å². The smallest absolute Gasteiger partial charge is 0.257 e. The molecule has 0 bridgehead atoms. The number of hydrogen-bond acceptors (Lipinski definition) is 4. The molecule has 2 heterocycles. The summed E-state index contributed by atoms with van der Waals surface area (Å²) < 4.78 is 0. The van der Waals surface area contributed by atoms with Crippen molar-refractivity contribution in [3.63, 3.8) is 0 Å². The van der Waals surface area contributed by atoms with Gasteiger partial charge in [-0.3, -0.25) is 9.59 Å². The average Bonchev–Trinajstić information content (AvgIpc) is 3.07. The van der Waals surface area contributed by atoms with Gasteiger partial charge in [-0.05, 0) is 24.8 Å². The number of thiophene rings is 1. The van der Waals surface area contributed by atoms with Crippen LogP contribution in [0.5, 0.6) is 0 Å². The second-order valence-corrected chi connectivity index (χ2v) is 7.35. The quantitative estimate of drug-likeness (QED) is 0.893. The van der Waals surface area contributed by atoms with E-state index in [2.05, 4.69) is 10.6 Å². The molecule has 1 fully saturated rings. The van der Waals surface area contributed by atoms with Gasteiger partial charge in [0.2, 0.25) is 5.91 Å². The molecule has 2 N–H and O–H groups in total. The zero-order chi connectivity index (χ0) is 15.7. The number of amides is 2. The third-order valence-electron chi connectivity index (χ3n) is 4.30. The molecule has 5 nitrogen and oxygen atoms in total. The predicted molar refractivity (Wildman–Crippen MR) is 88.6 cm³/mol. The molecule has 1 saturated heterocycles. The van der Waals surface area contributed by atoms with Gasteiger partial charge in [0.1, 0.15) is 5.00 Å². The van der Waals surface area contributed by atoms with Crippen molar-refractivity contribution in [2.45, 2.75) is 33.1 Å². The Morgan fingerprint density at radius 3 is 2.64 bits per heavy atom. The fraction of sp³-hybridized carbons (Fsp3) is 0.625. The van der Waals surface area contributed by atoms with Gasteiger partial charge in [0, 0.05) is 37.0 Å². The highest BCUT2D eigenvalue weighted by Gasteiger charge is 2.30. The van der Waals surface area contributed by atoms with Crippen molar-refractivity contribution in [3.8, 4) is 0 Å². The van der Waals surface area contributed by atoms with Crippen molar-refractivity contribution in [2.75, 3.05) is 31.5 Å². The van der Waals surface area contributed by atoms with Crippen LogP contribution in [0.25, 0.3) is 0 Å². The molecule has 2 amide bonds. The van der Waals surface area contributed by atoms with Crippen LogP contribution < -0.4 is 10.6 Å². The molecule has 6 heteroatoms. The van der Waals surface area contributed by atoms with E-state index in [9.17, 15) is 9.59 Å². The Balaban J connectivity index is 1.90. The Hall–Kier alpha value is -1.40. The molecular formula is C16H23N3O2S. The first-order chi connectivity index (χ1) is 10.6. The Kier molecular flexibility index (Phi) is 4.49. The second-order valence-electron chi connectivity index (χ2n) is 6.25. The standard InChI is InChI=1S/C16H23N3O2S/c1-10(2)14(20)18-15-13(11-4-3-5-12(11)22-15)16(21)19-8-6-17-7-9-19/h10,17H,3-9H2,1-2H3,(H,18,20). The maximum atomic E-state index is 12.9. The van der Waals surface area contributed by atoms with Crippen LogP contribution in [0.3, 0.4) is 0 Å². The Labute approximate surface area is 135 Å². The predicted octanol–water partition coefficient (Wildman–Crippen LogP) is 1.88. The number of anilines is 1. The maximum Gasteiger partial charge on any atom is 0.257 e. The van der Waals surface area contributed by atoms with E-state index in [1.165, 1.54) is 10.4 Å². The minimum Gasteiger partial charge on any atom is -0.336 e. The largest absolute Gasteiger partial charge is 0.336 e. The molecular weight excluding hydrogens is 298 g/mol. The minimum absolute atomic E-state index is 0.0192. The van der Waals surface area contributed by atoms with E-state index in [1.807, 2.05) is 18.7 Å². The molecule has 2 aliphatic rings. The SMILES string of the molecule is CC(C)C(=O)Nc1sc2c(c1C(=O)N1CCNCC1)CCC2. The van der Waals surface area contributed by atoms with Gasteiger partial charge in [0.25, 0.3) is 5.91 Å². The van der Waals surface area contributed by atoms with E-state index in [-0.39, 0.29) is 17.7 Å². The van der Waals surface area contributed by atoms with Gasteiger partial charge in [0.15, 0.2) is 0 Å². The third kappa shape index (κ3) is 2.90. The van der Waals surface area contributed by atoms with Crippen molar-refractivity contribution in [1.29, 1.82) is 0 Å². The molecule has 0 atom stereocenters. The third-order valence-corrected chi connectivity index (χ3v) is 5.51. The van der Waals surface area contributed by atoms with E-state index in [1.54, 1.807) is 11.3 Å². The molecule has 22 heavy (non-hydrogen) atoms. The molecule has 3 rings (SSSR count). The molecule has 120 valence electrons. The lowest BCUT2D eigenvalue weighted by atomic mass is 10.1. The Morgan fingerprint density at radius 2 is 1.95 bits per heavy atom. The van der Waals surface area contributed by atoms with Crippen LogP contribution in [0.1, 0.15) is 41.1 Å². The summed E-state index contributed by atoms with van der Waals surface area (Å²) >= 11 is 1.59. The summed E-state index contributed by atoms with van der Waals surface area (Å²) in [6, 6.07) is 0. The number of carbonyl (C=O) groups excluding carboxylic acids is 2. The number of nitrogens with one attached hydrogen (secondary N) is 2. The number of carbonyl (C=O) groups is 2. The van der Waals surface area contributed by atoms with E-state index in [0.717, 1.165) is 56.0 Å². The zero-order valence-corrected chi connectivity index (χ0v) is 14.0. The lowest BCUT2D eigenvalue weighted by Crippen LogP contribution is -2.46. The molecule has 1 aliphatic heterocycles. The van der Waals surface area contributed by atoms with Crippen molar-refractivity contribution < 1.29 is 9.59 Å². The average molecular weight is 321 g/mol. The van der Waals surface area contributed by atoms with Crippen LogP contribution in [0.2, 0.25) is 0 Å². The summed E-state index contributed by atoms with van der Waals surface area (Å²) in [5.74, 6) is -0.0201. The first-order valence-electron chi connectivity index (χ1n) is 8.03. The fourth-order valence-electron chi connectivity index (χ4n) is 3.00. The first kappa shape index (κ1) is 15.5. The highest BCUT2D eigenvalue weighted by molar-refractivity contribution is 7.17. The lowest BCUT2D eigenvalue weighted by molar-refractivity contribution is -0.118. The van der Waals surface area contributed by atoms with Crippen LogP contribution >= 0.6 is 11.3 Å². The molecule has 0 spiro atoms. The van der Waals surface area contributed by atoms with Crippen LogP contribution in [0, 0.1) is 5.92 Å². The summed E-state index contributed by atoms with van der Waals surface area (Å²) in [4.78, 5) is 28.2. The number of hydrogen-bond donors (Lipinski definition) is 2. The number of piperazine rings is 1. The molecule has 0 radical (unpaired) electrons. The summed E-state index contributed by atoms with van der Waals surface area (Å²) in [6.45, 7) is 6.89. The van der Waals surface area contributed by atoms with Gasteiger partial charge in [0.05, 0.1) is 5.56 Å². The normalized spacial score (nSPS) is 17.7. The highest BCUT2D eigenvalue weighted by atomic mass is 32.1. The van der Waals surface area contributed by atoms with Crippen LogP contribution in [-0.4, -0.2) is 42.9 Å². The van der Waals surface area contributed by atoms with Gasteiger partial charge in [-0.1, -0.05) is 13.8 Å². The molecule has 0 aromatic carbocycles. The Bertz CT molecular complexity index is 588. The van der Waals surface area contributed by atoms with Crippen molar-refractivity contribution in [2.24, 2.45) is 5.92 Å². The lowest BCUT2D eigenvalue weighted by Gasteiger charge is -2.28. The van der Waals surface area contributed by atoms with E-state index >= 15 is 0 Å². The van der Waals surface area contributed by atoms with Crippen LogP contribution in [0.4, 0.5) is 5.00 Å². The van der Waals surface area contributed by atoms with Gasteiger partial charge in [-0.25, -0.2) is 0 Å². The number of aryl methyl sites for hydroxylation is 1. The summed E-state index contributed by atoms with van der Waals surface area (Å²) in [6.07, 6.45) is 3.09. The summed E-state index contributed by atoms with van der Waals surface area (Å²) in [5.41, 5.74) is 1.93. The van der Waals surface area contributed by atoms with E-state index in [0.29, 0.717) is 0 Å². The minimum atomic E-state index is -0.0842. The number of fused-ring (bicyclic) bond motifs is 1. The first-order valence-corrected chi connectivity index (χ1v) is 8.85. The number of nitrogens with zero attached hydrogens (tertiary/aromatic N) is 1. The van der Waals surface area contributed by atoms with Gasteiger partial charge < -0.3 is 15.5 Å². The molecule has 0 unspecified atom stereocenters. The van der Waals surface area contributed by atoms with Crippen LogP contribution in [-0.2, 0) is 17.6 Å². The topological polar surface area (TPSA) is 61.4 Å². The molecule has 1 aromatic rings.